The Bertz CT molecular complexity index is 995. The molecule has 0 radical (unpaired) electrons. The van der Waals surface area contributed by atoms with E-state index in [9.17, 15) is 18.0 Å². The lowest BCUT2D eigenvalue weighted by molar-refractivity contribution is -0.145. The summed E-state index contributed by atoms with van der Waals surface area (Å²) in [5, 5.41) is 2.88. The third-order valence-corrected chi connectivity index (χ3v) is 5.53. The third-order valence-electron chi connectivity index (χ3n) is 4.43. The van der Waals surface area contributed by atoms with Crippen molar-refractivity contribution in [2.75, 3.05) is 6.54 Å². The predicted octanol–water partition coefficient (Wildman–Crippen LogP) is 5.05. The maximum Gasteiger partial charge on any atom is 0.451 e. The molecular weight excluding hydrogens is 399 g/mol. The molecule has 3 rings (SSSR count). The summed E-state index contributed by atoms with van der Waals surface area (Å²) in [4.78, 5) is 19.8. The Morgan fingerprint density at radius 1 is 1.03 bits per heavy atom. The van der Waals surface area contributed by atoms with Crippen LogP contribution >= 0.6 is 11.8 Å². The van der Waals surface area contributed by atoms with Crippen molar-refractivity contribution in [3.63, 3.8) is 0 Å². The van der Waals surface area contributed by atoms with Crippen LogP contribution < -0.4 is 5.32 Å². The Morgan fingerprint density at radius 3 is 2.38 bits per heavy atom. The number of fused-ring (bicyclic) bond motifs is 1. The van der Waals surface area contributed by atoms with Crippen LogP contribution in [0.2, 0.25) is 0 Å². The number of para-hydroxylation sites is 1. The second-order valence-electron chi connectivity index (χ2n) is 6.68. The second kappa shape index (κ2) is 8.82. The zero-order chi connectivity index (χ0) is 21.0. The molecule has 2 unspecified atom stereocenters. The Kier molecular flexibility index (Phi) is 6.42. The highest BCUT2D eigenvalue weighted by Gasteiger charge is 2.36. The number of nitrogens with one attached hydrogen (secondary N) is 1. The second-order valence-corrected chi connectivity index (χ2v) is 8.01. The number of alkyl halides is 3. The summed E-state index contributed by atoms with van der Waals surface area (Å²) < 4.78 is 39.4. The van der Waals surface area contributed by atoms with E-state index in [1.54, 1.807) is 25.1 Å². The SMILES string of the molecule is CC(Sc1nc(C(F)(F)F)nc2ccccc12)C(=O)NCC(C)c1ccccc1. The molecule has 1 amide bonds. The van der Waals surface area contributed by atoms with E-state index in [1.165, 1.54) is 6.07 Å². The summed E-state index contributed by atoms with van der Waals surface area (Å²) in [6, 6.07) is 16.2. The van der Waals surface area contributed by atoms with Gasteiger partial charge in [0, 0.05) is 11.9 Å². The van der Waals surface area contributed by atoms with E-state index < -0.39 is 17.3 Å². The lowest BCUT2D eigenvalue weighted by Gasteiger charge is -2.17. The maximum atomic E-state index is 13.1. The van der Waals surface area contributed by atoms with Crippen LogP contribution in [0.3, 0.4) is 0 Å². The van der Waals surface area contributed by atoms with Crippen molar-refractivity contribution < 1.29 is 18.0 Å². The first-order valence-electron chi connectivity index (χ1n) is 9.09. The Labute approximate surface area is 170 Å². The van der Waals surface area contributed by atoms with E-state index >= 15 is 0 Å². The number of nitrogens with zero attached hydrogens (tertiary/aromatic N) is 2. The molecule has 0 bridgehead atoms. The first-order valence-corrected chi connectivity index (χ1v) is 9.97. The summed E-state index contributed by atoms with van der Waals surface area (Å²) in [6.07, 6.45) is -4.66. The Morgan fingerprint density at radius 2 is 1.69 bits per heavy atom. The number of amides is 1. The van der Waals surface area contributed by atoms with Crippen LogP contribution in [0.4, 0.5) is 13.2 Å². The lowest BCUT2D eigenvalue weighted by atomic mass is 10.0. The fraction of sp³-hybridized carbons (Fsp3) is 0.286. The zero-order valence-electron chi connectivity index (χ0n) is 15.9. The molecule has 1 heterocycles. The van der Waals surface area contributed by atoms with Gasteiger partial charge >= 0.3 is 6.18 Å². The molecule has 0 spiro atoms. The Balaban J connectivity index is 1.73. The van der Waals surface area contributed by atoms with Gasteiger partial charge in [-0.1, -0.05) is 67.2 Å². The molecule has 152 valence electrons. The number of hydrogen-bond donors (Lipinski definition) is 1. The van der Waals surface area contributed by atoms with Crippen LogP contribution in [0.25, 0.3) is 10.9 Å². The van der Waals surface area contributed by atoms with Crippen molar-refractivity contribution in [2.45, 2.75) is 36.2 Å². The normalized spacial score (nSPS) is 13.8. The van der Waals surface area contributed by atoms with Crippen molar-refractivity contribution >= 4 is 28.6 Å². The van der Waals surface area contributed by atoms with Crippen molar-refractivity contribution in [1.82, 2.24) is 15.3 Å². The van der Waals surface area contributed by atoms with Crippen LogP contribution in [-0.4, -0.2) is 27.7 Å². The minimum atomic E-state index is -4.66. The molecule has 1 N–H and O–H groups in total. The van der Waals surface area contributed by atoms with Crippen molar-refractivity contribution in [3.05, 3.63) is 66.0 Å². The Hall–Kier alpha value is -2.61. The minimum Gasteiger partial charge on any atom is -0.355 e. The summed E-state index contributed by atoms with van der Waals surface area (Å²) in [6.45, 7) is 4.09. The van der Waals surface area contributed by atoms with Crippen LogP contribution in [0.5, 0.6) is 0 Å². The number of carbonyl (C=O) groups excluding carboxylic acids is 1. The topological polar surface area (TPSA) is 54.9 Å². The smallest absolute Gasteiger partial charge is 0.355 e. The average Bonchev–Trinajstić information content (AvgIpc) is 2.71. The van der Waals surface area contributed by atoms with Gasteiger partial charge in [-0.2, -0.15) is 13.2 Å². The van der Waals surface area contributed by atoms with E-state index in [2.05, 4.69) is 15.3 Å². The monoisotopic (exact) mass is 419 g/mol. The van der Waals surface area contributed by atoms with Crippen molar-refractivity contribution in [3.8, 4) is 0 Å². The molecule has 8 heteroatoms. The standard InChI is InChI=1S/C21H20F3N3OS/c1-13(15-8-4-3-5-9-15)12-25-18(28)14(2)29-19-16-10-6-7-11-17(16)26-20(27-19)21(22,23)24/h3-11,13-14H,12H2,1-2H3,(H,25,28). The molecule has 2 atom stereocenters. The molecule has 4 nitrogen and oxygen atoms in total. The summed E-state index contributed by atoms with van der Waals surface area (Å²) in [7, 11) is 0. The van der Waals surface area contributed by atoms with Crippen LogP contribution in [0, 0.1) is 0 Å². The van der Waals surface area contributed by atoms with Gasteiger partial charge in [-0.25, -0.2) is 9.97 Å². The van der Waals surface area contributed by atoms with E-state index in [0.717, 1.165) is 17.3 Å². The average molecular weight is 419 g/mol. The van der Waals surface area contributed by atoms with Crippen LogP contribution in [0.1, 0.15) is 31.2 Å². The largest absolute Gasteiger partial charge is 0.451 e. The highest BCUT2D eigenvalue weighted by atomic mass is 32.2. The summed E-state index contributed by atoms with van der Waals surface area (Å²) in [5.74, 6) is -1.34. The first-order chi connectivity index (χ1) is 13.8. The number of benzene rings is 2. The van der Waals surface area contributed by atoms with Gasteiger partial charge in [0.2, 0.25) is 11.7 Å². The molecule has 0 fully saturated rings. The van der Waals surface area contributed by atoms with Gasteiger partial charge in [0.1, 0.15) is 5.03 Å². The first kappa shape index (κ1) is 21.1. The highest BCUT2D eigenvalue weighted by molar-refractivity contribution is 8.00. The van der Waals surface area contributed by atoms with E-state index in [4.69, 9.17) is 0 Å². The number of rotatable bonds is 6. The molecule has 0 aliphatic carbocycles. The molecule has 0 aliphatic heterocycles. The molecule has 2 aromatic carbocycles. The summed E-state index contributed by atoms with van der Waals surface area (Å²) in [5.41, 5.74) is 1.30. The van der Waals surface area contributed by atoms with E-state index in [1.807, 2.05) is 37.3 Å². The molecule has 0 aliphatic rings. The number of thioether (sulfide) groups is 1. The van der Waals surface area contributed by atoms with Gasteiger partial charge in [0.15, 0.2) is 0 Å². The fourth-order valence-electron chi connectivity index (χ4n) is 2.78. The maximum absolute atomic E-state index is 13.1. The minimum absolute atomic E-state index is 0.120. The van der Waals surface area contributed by atoms with Crippen molar-refractivity contribution in [1.29, 1.82) is 0 Å². The molecular formula is C21H20F3N3OS. The molecule has 1 aromatic heterocycles. The third kappa shape index (κ3) is 5.26. The lowest BCUT2D eigenvalue weighted by Crippen LogP contribution is -2.33. The van der Waals surface area contributed by atoms with Gasteiger partial charge < -0.3 is 5.32 Å². The summed E-state index contributed by atoms with van der Waals surface area (Å²) >= 11 is 0.996. The molecule has 0 saturated heterocycles. The van der Waals surface area contributed by atoms with Crippen LogP contribution in [0.15, 0.2) is 59.6 Å². The zero-order valence-corrected chi connectivity index (χ0v) is 16.7. The number of carbonyl (C=O) groups is 1. The number of aromatic nitrogens is 2. The predicted molar refractivity (Wildman–Crippen MR) is 108 cm³/mol. The van der Waals surface area contributed by atoms with Gasteiger partial charge in [0.25, 0.3) is 0 Å². The van der Waals surface area contributed by atoms with Crippen LogP contribution in [-0.2, 0) is 11.0 Å². The van der Waals surface area contributed by atoms with Gasteiger partial charge in [-0.05, 0) is 24.5 Å². The van der Waals surface area contributed by atoms with E-state index in [0.29, 0.717) is 11.9 Å². The van der Waals surface area contributed by atoms with Gasteiger partial charge in [-0.3, -0.25) is 4.79 Å². The number of hydrogen-bond acceptors (Lipinski definition) is 4. The van der Waals surface area contributed by atoms with Gasteiger partial charge in [-0.15, -0.1) is 0 Å². The molecule has 29 heavy (non-hydrogen) atoms. The van der Waals surface area contributed by atoms with Gasteiger partial charge in [0.05, 0.1) is 10.8 Å². The quantitative estimate of drug-likeness (QED) is 0.449. The van der Waals surface area contributed by atoms with Crippen molar-refractivity contribution in [2.24, 2.45) is 0 Å². The number of halogens is 3. The highest BCUT2D eigenvalue weighted by Crippen LogP contribution is 2.33. The molecule has 3 aromatic rings. The molecule has 0 saturated carbocycles. The van der Waals surface area contributed by atoms with E-state index in [-0.39, 0.29) is 22.4 Å². The fourth-order valence-corrected chi connectivity index (χ4v) is 3.75.